The molecule has 0 spiro atoms. The summed E-state index contributed by atoms with van der Waals surface area (Å²) in [5.74, 6) is -0.426. The van der Waals surface area contributed by atoms with Gasteiger partial charge >= 0.3 is 5.97 Å². The Morgan fingerprint density at radius 1 is 1.08 bits per heavy atom. The Balaban J connectivity index is 2.69. The molecule has 0 aliphatic rings. The van der Waals surface area contributed by atoms with Crippen molar-refractivity contribution >= 4 is 11.7 Å². The highest BCUT2D eigenvalue weighted by Crippen LogP contribution is 2.14. The average molecular weight is 337 g/mol. The predicted molar refractivity (Wildman–Crippen MR) is 92.0 cm³/mol. The highest BCUT2D eigenvalue weighted by molar-refractivity contribution is 5.89. The van der Waals surface area contributed by atoms with Crippen LogP contribution in [0.25, 0.3) is 0 Å². The molecule has 1 N–H and O–H groups in total. The zero-order chi connectivity index (χ0) is 18.7. The molecule has 7 nitrogen and oxygen atoms in total. The first-order valence-electron chi connectivity index (χ1n) is 7.80. The molecule has 0 bridgehead atoms. The number of hydrogen-bond donors (Lipinski definition) is 1. The molecule has 25 heavy (non-hydrogen) atoms. The normalized spacial score (nSPS) is 9.44. The van der Waals surface area contributed by atoms with Gasteiger partial charge in [0.15, 0.2) is 5.57 Å². The Bertz CT molecular complexity index is 728. The van der Waals surface area contributed by atoms with E-state index < -0.39 is 5.97 Å². The molecular weight excluding hydrogens is 318 g/mol. The van der Waals surface area contributed by atoms with E-state index in [1.54, 1.807) is 42.5 Å². The number of rotatable bonds is 8. The average Bonchev–Trinajstić information content (AvgIpc) is 2.65. The third kappa shape index (κ3) is 5.99. The van der Waals surface area contributed by atoms with Crippen molar-refractivity contribution in [2.45, 2.75) is 13.8 Å². The highest BCUT2D eigenvalue weighted by atomic mass is 16.5. The minimum absolute atomic E-state index is 0.139. The smallest absolute Gasteiger partial charge is 0.338 e. The van der Waals surface area contributed by atoms with Gasteiger partial charge in [0, 0.05) is 12.2 Å². The second-order valence-corrected chi connectivity index (χ2v) is 4.95. The topological polar surface area (TPSA) is 113 Å². The van der Waals surface area contributed by atoms with Crippen LogP contribution in [-0.4, -0.2) is 37.1 Å². The number of carbonyl (C=O) groups excluding carboxylic acids is 1. The molecule has 0 aliphatic heterocycles. The lowest BCUT2D eigenvalue weighted by molar-refractivity contribution is 0.0466. The number of nitrogens with zero attached hydrogens (tertiary/aromatic N) is 4. The van der Waals surface area contributed by atoms with Crippen molar-refractivity contribution in [3.63, 3.8) is 0 Å². The molecule has 0 aromatic heterocycles. The van der Waals surface area contributed by atoms with Gasteiger partial charge in [0.1, 0.15) is 30.5 Å². The predicted octanol–water partition coefficient (Wildman–Crippen LogP) is 2.42. The first kappa shape index (κ1) is 19.7. The number of likely N-dealkylation sites (N-methyl/N-ethyl adjacent to an activating group) is 1. The van der Waals surface area contributed by atoms with E-state index in [2.05, 4.69) is 10.2 Å². The lowest BCUT2D eigenvalue weighted by atomic mass is 10.2. The van der Waals surface area contributed by atoms with Crippen LogP contribution in [0.4, 0.5) is 5.69 Å². The van der Waals surface area contributed by atoms with Crippen molar-refractivity contribution in [3.8, 4) is 18.2 Å². The fraction of sp³-hybridized carbons (Fsp3) is 0.333. The van der Waals surface area contributed by atoms with Crippen LogP contribution in [0.3, 0.4) is 0 Å². The summed E-state index contributed by atoms with van der Waals surface area (Å²) in [5.41, 5.74) is 0.426. The minimum Gasteiger partial charge on any atom is -0.461 e. The van der Waals surface area contributed by atoms with E-state index in [9.17, 15) is 4.79 Å². The Hall–Kier alpha value is -3.34. The second kappa shape index (κ2) is 10.4. The molecule has 0 heterocycles. The van der Waals surface area contributed by atoms with E-state index in [0.717, 1.165) is 13.1 Å². The van der Waals surface area contributed by atoms with E-state index in [1.165, 1.54) is 0 Å². The molecule has 0 fully saturated rings. The van der Waals surface area contributed by atoms with Crippen LogP contribution < -0.4 is 5.32 Å². The fourth-order valence-corrected chi connectivity index (χ4v) is 2.01. The van der Waals surface area contributed by atoms with Crippen LogP contribution in [0.5, 0.6) is 0 Å². The molecule has 0 aliphatic carbocycles. The maximum Gasteiger partial charge on any atom is 0.338 e. The van der Waals surface area contributed by atoms with E-state index in [4.69, 9.17) is 20.5 Å². The van der Waals surface area contributed by atoms with Crippen LogP contribution in [-0.2, 0) is 4.74 Å². The summed E-state index contributed by atoms with van der Waals surface area (Å²) < 4.78 is 5.23. The summed E-state index contributed by atoms with van der Waals surface area (Å²) >= 11 is 0. The number of hydrogen-bond acceptors (Lipinski definition) is 7. The number of ether oxygens (including phenoxy) is 1. The molecule has 1 rings (SSSR count). The molecule has 0 saturated carbocycles. The van der Waals surface area contributed by atoms with E-state index in [0.29, 0.717) is 24.4 Å². The summed E-state index contributed by atoms with van der Waals surface area (Å²) in [7, 11) is 0. The molecule has 0 radical (unpaired) electrons. The Morgan fingerprint density at radius 3 is 2.16 bits per heavy atom. The molecular formula is C18H19N5O2. The Morgan fingerprint density at radius 2 is 1.68 bits per heavy atom. The zero-order valence-electron chi connectivity index (χ0n) is 14.2. The standard InChI is InChI=1S/C18H19N5O2/c1-3-23(4-2)9-10-25-18(24)14-5-7-16(8-6-14)22-17(13-21)15(11-19)12-20/h5-8,22H,3-4,9-10H2,1-2H3. The van der Waals surface area contributed by atoms with Gasteiger partial charge in [-0.3, -0.25) is 0 Å². The van der Waals surface area contributed by atoms with Crippen molar-refractivity contribution in [2.75, 3.05) is 31.6 Å². The molecule has 7 heteroatoms. The van der Waals surface area contributed by atoms with Crippen LogP contribution in [0.2, 0.25) is 0 Å². The second-order valence-electron chi connectivity index (χ2n) is 4.95. The molecule has 1 aromatic rings. The summed E-state index contributed by atoms with van der Waals surface area (Å²) in [4.78, 5) is 14.1. The van der Waals surface area contributed by atoms with E-state index in [-0.39, 0.29) is 11.3 Å². The van der Waals surface area contributed by atoms with Gasteiger partial charge in [-0.1, -0.05) is 13.8 Å². The summed E-state index contributed by atoms with van der Waals surface area (Å²) in [6.45, 7) is 6.89. The van der Waals surface area contributed by atoms with Gasteiger partial charge in [-0.25, -0.2) is 4.79 Å². The number of allylic oxidation sites excluding steroid dienone is 2. The van der Waals surface area contributed by atoms with Gasteiger partial charge in [0.05, 0.1) is 5.56 Å². The van der Waals surface area contributed by atoms with Crippen LogP contribution >= 0.6 is 0 Å². The SMILES string of the molecule is CCN(CC)CCOC(=O)c1ccc(NC(C#N)=C(C#N)C#N)cc1. The lowest BCUT2D eigenvalue weighted by Crippen LogP contribution is -2.27. The maximum absolute atomic E-state index is 12.0. The summed E-state index contributed by atoms with van der Waals surface area (Å²) in [6, 6.07) is 11.3. The van der Waals surface area contributed by atoms with Gasteiger partial charge < -0.3 is 15.0 Å². The number of anilines is 1. The molecule has 128 valence electrons. The summed E-state index contributed by atoms with van der Waals surface area (Å²) in [5, 5.41) is 29.3. The quantitative estimate of drug-likeness (QED) is 0.572. The Labute approximate surface area is 147 Å². The lowest BCUT2D eigenvalue weighted by Gasteiger charge is -2.17. The molecule has 0 unspecified atom stereocenters. The number of nitriles is 3. The van der Waals surface area contributed by atoms with Crippen LogP contribution in [0.1, 0.15) is 24.2 Å². The monoisotopic (exact) mass is 337 g/mol. The van der Waals surface area contributed by atoms with Crippen molar-refractivity contribution in [3.05, 3.63) is 41.1 Å². The largest absolute Gasteiger partial charge is 0.461 e. The van der Waals surface area contributed by atoms with Crippen LogP contribution in [0, 0.1) is 34.0 Å². The number of esters is 1. The van der Waals surface area contributed by atoms with Crippen molar-refractivity contribution in [1.29, 1.82) is 15.8 Å². The van der Waals surface area contributed by atoms with E-state index >= 15 is 0 Å². The van der Waals surface area contributed by atoms with Gasteiger partial charge in [-0.15, -0.1) is 0 Å². The van der Waals surface area contributed by atoms with Crippen molar-refractivity contribution in [2.24, 2.45) is 0 Å². The summed E-state index contributed by atoms with van der Waals surface area (Å²) in [6.07, 6.45) is 0. The fourth-order valence-electron chi connectivity index (χ4n) is 2.01. The van der Waals surface area contributed by atoms with Gasteiger partial charge in [0.2, 0.25) is 0 Å². The minimum atomic E-state index is -0.426. The van der Waals surface area contributed by atoms with Gasteiger partial charge in [0.25, 0.3) is 0 Å². The molecule has 0 saturated heterocycles. The van der Waals surface area contributed by atoms with Crippen molar-refractivity contribution in [1.82, 2.24) is 4.90 Å². The number of nitrogens with one attached hydrogen (secondary N) is 1. The third-order valence-electron chi connectivity index (χ3n) is 3.51. The molecule has 0 amide bonds. The number of benzene rings is 1. The third-order valence-corrected chi connectivity index (χ3v) is 3.51. The Kier molecular flexibility index (Phi) is 8.23. The van der Waals surface area contributed by atoms with E-state index in [1.807, 2.05) is 13.8 Å². The first-order valence-corrected chi connectivity index (χ1v) is 7.80. The highest BCUT2D eigenvalue weighted by Gasteiger charge is 2.10. The maximum atomic E-state index is 12.0. The first-order chi connectivity index (χ1) is 12.1. The number of carbonyl (C=O) groups is 1. The molecule has 1 aromatic carbocycles. The van der Waals surface area contributed by atoms with Crippen LogP contribution in [0.15, 0.2) is 35.5 Å². The molecule has 0 atom stereocenters. The van der Waals surface area contributed by atoms with Gasteiger partial charge in [-0.05, 0) is 37.4 Å². The van der Waals surface area contributed by atoms with Crippen molar-refractivity contribution < 1.29 is 9.53 Å². The van der Waals surface area contributed by atoms with Gasteiger partial charge in [-0.2, -0.15) is 15.8 Å². The zero-order valence-corrected chi connectivity index (χ0v) is 14.2.